The standard InChI is InChI=1S/C33H46O9/c34-26-21-29(41-32-16-8-10-20-38-32)25(24(26)12-3-1-2-4-14-30(35)36)17-18-28(40-31-15-7-9-19-37-31)33-39-22-23-11-5-6-13-27(23)42-33/h1,3,5-6,11,13,24-25,28-29,31-33H,2,4,7-10,12,14-22H2,(H,35,36)/t24-,25-,28+,29-,31?,32?,33?/m1/s1. The van der Waals surface area contributed by atoms with Crippen molar-refractivity contribution in [2.45, 2.75) is 121 Å². The Kier molecular flexibility index (Phi) is 11.8. The molecule has 0 bridgehead atoms. The van der Waals surface area contributed by atoms with Crippen LogP contribution in [0.15, 0.2) is 36.4 Å². The van der Waals surface area contributed by atoms with Crippen molar-refractivity contribution >= 4 is 11.8 Å². The van der Waals surface area contributed by atoms with Gasteiger partial charge in [0.15, 0.2) is 12.6 Å². The normalized spacial score (nSPS) is 30.6. The number of allylic oxidation sites excluding steroid dienone is 2. The second kappa shape index (κ2) is 16.0. The number of carboxylic acids is 1. The van der Waals surface area contributed by atoms with E-state index in [2.05, 4.69) is 0 Å². The summed E-state index contributed by atoms with van der Waals surface area (Å²) in [5.74, 6) is 0.0626. The maximum Gasteiger partial charge on any atom is 0.303 e. The molecule has 3 aliphatic heterocycles. The number of hydrogen-bond donors (Lipinski definition) is 1. The lowest BCUT2D eigenvalue weighted by atomic mass is 9.86. The Labute approximate surface area is 248 Å². The average Bonchev–Trinajstić information content (AvgIpc) is 3.30. The van der Waals surface area contributed by atoms with Gasteiger partial charge in [-0.15, -0.1) is 0 Å². The van der Waals surface area contributed by atoms with E-state index in [0.717, 1.165) is 49.8 Å². The Hall–Kier alpha value is -2.30. The number of fused-ring (bicyclic) bond motifs is 1. The quantitative estimate of drug-likeness (QED) is 0.209. The Morgan fingerprint density at radius 1 is 1.02 bits per heavy atom. The molecule has 2 saturated heterocycles. The number of benzene rings is 1. The van der Waals surface area contributed by atoms with Crippen molar-refractivity contribution in [1.29, 1.82) is 0 Å². The molecular weight excluding hydrogens is 540 g/mol. The van der Waals surface area contributed by atoms with Crippen LogP contribution in [0.4, 0.5) is 0 Å². The van der Waals surface area contributed by atoms with Gasteiger partial charge in [0.2, 0.25) is 6.29 Å². The minimum absolute atomic E-state index is 0.000877. The third-order valence-corrected chi connectivity index (χ3v) is 8.76. The van der Waals surface area contributed by atoms with Crippen LogP contribution in [-0.2, 0) is 39.9 Å². The van der Waals surface area contributed by atoms with Crippen molar-refractivity contribution in [2.75, 3.05) is 13.2 Å². The van der Waals surface area contributed by atoms with Crippen molar-refractivity contribution in [3.05, 3.63) is 42.0 Å². The third kappa shape index (κ3) is 8.86. The summed E-state index contributed by atoms with van der Waals surface area (Å²) in [5.41, 5.74) is 1.01. The highest BCUT2D eigenvalue weighted by Gasteiger charge is 2.44. The molecule has 1 aromatic carbocycles. The van der Waals surface area contributed by atoms with Crippen molar-refractivity contribution in [1.82, 2.24) is 0 Å². The summed E-state index contributed by atoms with van der Waals surface area (Å²) in [5, 5.41) is 8.90. The van der Waals surface area contributed by atoms with Gasteiger partial charge < -0.3 is 33.5 Å². The molecule has 9 heteroatoms. The second-order valence-corrected chi connectivity index (χ2v) is 11.9. The summed E-state index contributed by atoms with van der Waals surface area (Å²) in [6.07, 6.45) is 11.9. The summed E-state index contributed by atoms with van der Waals surface area (Å²) >= 11 is 0. The number of carboxylic acid groups (broad SMARTS) is 1. The molecule has 42 heavy (non-hydrogen) atoms. The van der Waals surface area contributed by atoms with E-state index in [0.29, 0.717) is 58.3 Å². The van der Waals surface area contributed by atoms with Gasteiger partial charge in [0, 0.05) is 37.5 Å². The van der Waals surface area contributed by atoms with Crippen molar-refractivity contribution in [3.63, 3.8) is 0 Å². The van der Waals surface area contributed by atoms with Gasteiger partial charge in [-0.3, -0.25) is 9.59 Å². The van der Waals surface area contributed by atoms with Gasteiger partial charge in [0.1, 0.15) is 17.6 Å². The summed E-state index contributed by atoms with van der Waals surface area (Å²) < 4.78 is 37.2. The molecule has 0 amide bonds. The van der Waals surface area contributed by atoms with Gasteiger partial charge in [0.25, 0.3) is 0 Å². The maximum absolute atomic E-state index is 13.3. The van der Waals surface area contributed by atoms with Crippen LogP contribution in [0, 0.1) is 11.8 Å². The Morgan fingerprint density at radius 2 is 1.81 bits per heavy atom. The minimum Gasteiger partial charge on any atom is -0.481 e. The van der Waals surface area contributed by atoms with Crippen LogP contribution < -0.4 is 4.74 Å². The van der Waals surface area contributed by atoms with Gasteiger partial charge in [-0.25, -0.2) is 0 Å². The van der Waals surface area contributed by atoms with Gasteiger partial charge in [-0.1, -0.05) is 30.4 Å². The molecule has 7 atom stereocenters. The predicted molar refractivity (Wildman–Crippen MR) is 154 cm³/mol. The summed E-state index contributed by atoms with van der Waals surface area (Å²) in [4.78, 5) is 24.1. The Bertz CT molecular complexity index is 1030. The Balaban J connectivity index is 1.27. The number of hydrogen-bond acceptors (Lipinski definition) is 8. The highest BCUT2D eigenvalue weighted by Crippen LogP contribution is 2.40. The zero-order valence-corrected chi connectivity index (χ0v) is 24.5. The van der Waals surface area contributed by atoms with Crippen LogP contribution in [0.25, 0.3) is 0 Å². The lowest BCUT2D eigenvalue weighted by Gasteiger charge is -2.36. The highest BCUT2D eigenvalue weighted by molar-refractivity contribution is 5.84. The van der Waals surface area contributed by atoms with Crippen LogP contribution in [0.5, 0.6) is 5.75 Å². The molecule has 9 nitrogen and oxygen atoms in total. The zero-order chi connectivity index (χ0) is 29.1. The molecule has 232 valence electrons. The fraction of sp³-hybridized carbons (Fsp3) is 0.697. The van der Waals surface area contributed by atoms with Crippen molar-refractivity contribution in [3.8, 4) is 5.75 Å². The topological polar surface area (TPSA) is 110 Å². The molecule has 1 aromatic rings. The molecule has 5 rings (SSSR count). The SMILES string of the molecule is O=C(O)CCCC=CC[C@H]1C(=O)C[C@@H](OC2CCCCO2)[C@@H]1CC[C@H](OC1CCCCO1)C1OCc2ccccc2O1. The van der Waals surface area contributed by atoms with E-state index in [1.165, 1.54) is 0 Å². The monoisotopic (exact) mass is 586 g/mol. The third-order valence-electron chi connectivity index (χ3n) is 8.76. The van der Waals surface area contributed by atoms with E-state index in [-0.39, 0.29) is 48.8 Å². The highest BCUT2D eigenvalue weighted by atomic mass is 16.7. The predicted octanol–water partition coefficient (Wildman–Crippen LogP) is 5.93. The number of rotatable bonds is 14. The van der Waals surface area contributed by atoms with E-state index in [1.54, 1.807) is 0 Å². The molecule has 3 fully saturated rings. The molecule has 1 N–H and O–H groups in total. The van der Waals surface area contributed by atoms with Crippen LogP contribution in [0.1, 0.15) is 89.0 Å². The smallest absolute Gasteiger partial charge is 0.303 e. The first-order chi connectivity index (χ1) is 20.6. The van der Waals surface area contributed by atoms with Crippen molar-refractivity contribution < 1.29 is 43.1 Å². The lowest BCUT2D eigenvalue weighted by molar-refractivity contribution is -0.252. The summed E-state index contributed by atoms with van der Waals surface area (Å²) in [6, 6.07) is 7.90. The van der Waals surface area contributed by atoms with E-state index in [9.17, 15) is 9.59 Å². The molecule has 4 aliphatic rings. The number of unbranched alkanes of at least 4 members (excludes halogenated alkanes) is 1. The molecular formula is C33H46O9. The molecule has 1 saturated carbocycles. The lowest BCUT2D eigenvalue weighted by Crippen LogP contribution is -2.42. The number of ether oxygens (including phenoxy) is 6. The van der Waals surface area contributed by atoms with Crippen LogP contribution in [0.2, 0.25) is 0 Å². The van der Waals surface area contributed by atoms with Gasteiger partial charge in [0.05, 0.1) is 12.7 Å². The fourth-order valence-corrected chi connectivity index (χ4v) is 6.48. The zero-order valence-electron chi connectivity index (χ0n) is 24.5. The van der Waals surface area contributed by atoms with Gasteiger partial charge >= 0.3 is 5.97 Å². The largest absolute Gasteiger partial charge is 0.481 e. The minimum atomic E-state index is -0.788. The van der Waals surface area contributed by atoms with Gasteiger partial charge in [-0.05, 0) is 82.6 Å². The van der Waals surface area contributed by atoms with Gasteiger partial charge in [-0.2, -0.15) is 0 Å². The summed E-state index contributed by atoms with van der Waals surface area (Å²) in [7, 11) is 0. The number of ketones is 1. The van der Waals surface area contributed by atoms with Crippen molar-refractivity contribution in [2.24, 2.45) is 11.8 Å². The maximum atomic E-state index is 13.3. The van der Waals surface area contributed by atoms with Crippen LogP contribution >= 0.6 is 0 Å². The number of carbonyl (C=O) groups is 2. The van der Waals surface area contributed by atoms with E-state index in [4.69, 9.17) is 33.5 Å². The first-order valence-electron chi connectivity index (χ1n) is 15.9. The number of para-hydroxylation sites is 1. The van der Waals surface area contributed by atoms with E-state index >= 15 is 0 Å². The fourth-order valence-electron chi connectivity index (χ4n) is 6.48. The molecule has 0 spiro atoms. The Morgan fingerprint density at radius 3 is 2.57 bits per heavy atom. The number of aliphatic carboxylic acids is 1. The first kappa shape index (κ1) is 31.1. The molecule has 0 aromatic heterocycles. The van der Waals surface area contributed by atoms with E-state index < -0.39 is 12.3 Å². The molecule has 0 radical (unpaired) electrons. The average molecular weight is 587 g/mol. The summed E-state index contributed by atoms with van der Waals surface area (Å²) in [6.45, 7) is 1.82. The molecule has 3 heterocycles. The van der Waals surface area contributed by atoms with Crippen LogP contribution in [0.3, 0.4) is 0 Å². The van der Waals surface area contributed by atoms with E-state index in [1.807, 2.05) is 36.4 Å². The van der Waals surface area contributed by atoms with Crippen LogP contribution in [-0.4, -0.2) is 61.2 Å². The first-order valence-corrected chi connectivity index (χ1v) is 15.9. The number of carbonyl (C=O) groups excluding carboxylic acids is 1. The molecule has 1 aliphatic carbocycles. The molecule has 3 unspecified atom stereocenters. The number of Topliss-reactive ketones (excluding diaryl/α,β-unsaturated/α-hetero) is 1. The second-order valence-electron chi connectivity index (χ2n) is 11.9.